The van der Waals surface area contributed by atoms with E-state index in [1.54, 1.807) is 7.11 Å². The highest BCUT2D eigenvalue weighted by molar-refractivity contribution is 9.10. The number of nitrogens with two attached hydrogens (primary N) is 1. The zero-order valence-electron chi connectivity index (χ0n) is 11.1. The molecule has 20 heavy (non-hydrogen) atoms. The maximum absolute atomic E-state index is 12.3. The fraction of sp³-hybridized carbons (Fsp3) is 0.200. The van der Waals surface area contributed by atoms with Crippen molar-refractivity contribution < 1.29 is 8.95 Å². The molecule has 0 bridgehead atoms. The van der Waals surface area contributed by atoms with Crippen molar-refractivity contribution in [3.05, 3.63) is 58.6 Å². The summed E-state index contributed by atoms with van der Waals surface area (Å²) in [5, 5.41) is 0. The largest absolute Gasteiger partial charge is 0.497 e. The molecule has 0 amide bonds. The van der Waals surface area contributed by atoms with Crippen LogP contribution in [0.1, 0.15) is 11.6 Å². The summed E-state index contributed by atoms with van der Waals surface area (Å²) >= 11 is 3.38. The van der Waals surface area contributed by atoms with Crippen LogP contribution >= 0.6 is 15.9 Å². The van der Waals surface area contributed by atoms with Crippen LogP contribution in [-0.4, -0.2) is 17.1 Å². The number of rotatable bonds is 5. The van der Waals surface area contributed by atoms with Crippen LogP contribution in [0.5, 0.6) is 5.75 Å². The van der Waals surface area contributed by atoms with Crippen molar-refractivity contribution in [3.63, 3.8) is 0 Å². The van der Waals surface area contributed by atoms with Gasteiger partial charge in [-0.3, -0.25) is 4.21 Å². The summed E-state index contributed by atoms with van der Waals surface area (Å²) in [4.78, 5) is 0.781. The van der Waals surface area contributed by atoms with Crippen LogP contribution < -0.4 is 10.5 Å². The van der Waals surface area contributed by atoms with Crippen molar-refractivity contribution in [2.45, 2.75) is 10.9 Å². The lowest BCUT2D eigenvalue weighted by atomic mass is 10.1. The lowest BCUT2D eigenvalue weighted by Gasteiger charge is -2.12. The third-order valence-corrected chi connectivity index (χ3v) is 4.87. The summed E-state index contributed by atoms with van der Waals surface area (Å²) in [5.41, 5.74) is 7.07. The molecule has 0 saturated heterocycles. The van der Waals surface area contributed by atoms with Crippen LogP contribution in [-0.2, 0) is 10.8 Å². The monoisotopic (exact) mass is 353 g/mol. The van der Waals surface area contributed by atoms with Gasteiger partial charge in [0.15, 0.2) is 0 Å². The van der Waals surface area contributed by atoms with Gasteiger partial charge in [-0.05, 0) is 35.9 Å². The Hall–Kier alpha value is -1.17. The first kappa shape index (κ1) is 15.2. The fourth-order valence-electron chi connectivity index (χ4n) is 1.82. The number of benzene rings is 2. The van der Waals surface area contributed by atoms with E-state index in [0.717, 1.165) is 20.7 Å². The summed E-state index contributed by atoms with van der Waals surface area (Å²) < 4.78 is 18.3. The van der Waals surface area contributed by atoms with Gasteiger partial charge in [-0.25, -0.2) is 0 Å². The summed E-state index contributed by atoms with van der Waals surface area (Å²) in [6, 6.07) is 14.7. The van der Waals surface area contributed by atoms with Gasteiger partial charge in [0.2, 0.25) is 0 Å². The lowest BCUT2D eigenvalue weighted by molar-refractivity contribution is 0.414. The van der Waals surface area contributed by atoms with Gasteiger partial charge in [0.1, 0.15) is 5.75 Å². The molecule has 5 heteroatoms. The molecule has 106 valence electrons. The van der Waals surface area contributed by atoms with Crippen molar-refractivity contribution in [1.29, 1.82) is 0 Å². The van der Waals surface area contributed by atoms with E-state index < -0.39 is 10.8 Å². The van der Waals surface area contributed by atoms with E-state index in [0.29, 0.717) is 5.75 Å². The molecule has 0 heterocycles. The highest BCUT2D eigenvalue weighted by Gasteiger charge is 2.12. The van der Waals surface area contributed by atoms with E-state index in [4.69, 9.17) is 10.5 Å². The Morgan fingerprint density at radius 2 is 1.95 bits per heavy atom. The van der Waals surface area contributed by atoms with Crippen LogP contribution in [0.25, 0.3) is 0 Å². The number of methoxy groups -OCH3 is 1. The topological polar surface area (TPSA) is 52.3 Å². The van der Waals surface area contributed by atoms with E-state index in [2.05, 4.69) is 15.9 Å². The van der Waals surface area contributed by atoms with Crippen molar-refractivity contribution >= 4 is 26.7 Å². The average molecular weight is 354 g/mol. The average Bonchev–Trinajstić information content (AvgIpc) is 2.47. The molecule has 2 unspecified atom stereocenters. The first-order valence-corrected chi connectivity index (χ1v) is 8.25. The van der Waals surface area contributed by atoms with Gasteiger partial charge < -0.3 is 10.5 Å². The van der Waals surface area contributed by atoms with Gasteiger partial charge in [-0.2, -0.15) is 0 Å². The van der Waals surface area contributed by atoms with Gasteiger partial charge in [0.25, 0.3) is 0 Å². The Balaban J connectivity index is 2.06. The van der Waals surface area contributed by atoms with E-state index in [1.807, 2.05) is 48.5 Å². The third-order valence-electron chi connectivity index (χ3n) is 2.93. The standard InChI is InChI=1S/C15H16BrNO2S/c1-19-13-7-5-11(6-8-13)15(17)10-20(18)14-4-2-3-12(16)9-14/h2-9,15H,10,17H2,1H3. The summed E-state index contributed by atoms with van der Waals surface area (Å²) in [5.74, 6) is 1.18. The third kappa shape index (κ3) is 3.91. The van der Waals surface area contributed by atoms with Crippen LogP contribution in [0.2, 0.25) is 0 Å². The van der Waals surface area contributed by atoms with Crippen LogP contribution in [0, 0.1) is 0 Å². The normalized spacial score (nSPS) is 13.8. The molecule has 0 aliphatic rings. The number of ether oxygens (including phenoxy) is 1. The number of halogens is 1. The molecule has 0 radical (unpaired) electrons. The zero-order valence-corrected chi connectivity index (χ0v) is 13.5. The van der Waals surface area contributed by atoms with Crippen molar-refractivity contribution in [3.8, 4) is 5.75 Å². The quantitative estimate of drug-likeness (QED) is 0.897. The van der Waals surface area contributed by atoms with Gasteiger partial charge in [-0.1, -0.05) is 34.1 Å². The maximum atomic E-state index is 12.3. The second-order valence-corrected chi connectivity index (χ2v) is 6.76. The molecular weight excluding hydrogens is 338 g/mol. The first-order valence-electron chi connectivity index (χ1n) is 6.13. The van der Waals surface area contributed by atoms with Crippen LogP contribution in [0.3, 0.4) is 0 Å². The Morgan fingerprint density at radius 1 is 1.25 bits per heavy atom. The van der Waals surface area contributed by atoms with Crippen LogP contribution in [0.4, 0.5) is 0 Å². The molecule has 0 spiro atoms. The Kier molecular flexibility index (Phi) is 5.34. The van der Waals surface area contributed by atoms with Gasteiger partial charge >= 0.3 is 0 Å². The van der Waals surface area contributed by atoms with Crippen molar-refractivity contribution in [1.82, 2.24) is 0 Å². The highest BCUT2D eigenvalue weighted by Crippen LogP contribution is 2.20. The zero-order chi connectivity index (χ0) is 14.5. The summed E-state index contributed by atoms with van der Waals surface area (Å²) in [6.07, 6.45) is 0. The smallest absolute Gasteiger partial charge is 0.118 e. The minimum atomic E-state index is -1.12. The lowest BCUT2D eigenvalue weighted by Crippen LogP contribution is -2.18. The van der Waals surface area contributed by atoms with Gasteiger partial charge in [-0.15, -0.1) is 0 Å². The van der Waals surface area contributed by atoms with E-state index in [-0.39, 0.29) is 6.04 Å². The molecule has 2 rings (SSSR count). The molecular formula is C15H16BrNO2S. The minimum absolute atomic E-state index is 0.263. The molecule has 3 nitrogen and oxygen atoms in total. The number of hydrogen-bond acceptors (Lipinski definition) is 3. The predicted octanol–water partition coefficient (Wildman–Crippen LogP) is 3.27. The molecule has 2 aromatic carbocycles. The van der Waals surface area contributed by atoms with E-state index in [1.165, 1.54) is 0 Å². The highest BCUT2D eigenvalue weighted by atomic mass is 79.9. The second kappa shape index (κ2) is 7.02. The first-order chi connectivity index (χ1) is 9.60. The fourth-order valence-corrected chi connectivity index (χ4v) is 3.57. The Labute approximate surface area is 129 Å². The van der Waals surface area contributed by atoms with E-state index in [9.17, 15) is 4.21 Å². The minimum Gasteiger partial charge on any atom is -0.497 e. The molecule has 2 aromatic rings. The van der Waals surface area contributed by atoms with Gasteiger partial charge in [0, 0.05) is 21.2 Å². The van der Waals surface area contributed by atoms with Gasteiger partial charge in [0.05, 0.1) is 17.9 Å². The molecule has 0 saturated carbocycles. The molecule has 0 fully saturated rings. The Morgan fingerprint density at radius 3 is 2.55 bits per heavy atom. The van der Waals surface area contributed by atoms with Crippen LogP contribution in [0.15, 0.2) is 57.9 Å². The van der Waals surface area contributed by atoms with E-state index >= 15 is 0 Å². The van der Waals surface area contributed by atoms with Crippen molar-refractivity contribution in [2.75, 3.05) is 12.9 Å². The predicted molar refractivity (Wildman–Crippen MR) is 85.3 cm³/mol. The second-order valence-electron chi connectivity index (χ2n) is 4.35. The number of hydrogen-bond donors (Lipinski definition) is 1. The molecule has 0 aliphatic heterocycles. The molecule has 2 N–H and O–H groups in total. The molecule has 0 aliphatic carbocycles. The SMILES string of the molecule is COc1ccc(C(N)CS(=O)c2cccc(Br)c2)cc1. The molecule has 0 aromatic heterocycles. The summed E-state index contributed by atoms with van der Waals surface area (Å²) in [7, 11) is 0.505. The summed E-state index contributed by atoms with van der Waals surface area (Å²) in [6.45, 7) is 0. The molecule has 2 atom stereocenters. The van der Waals surface area contributed by atoms with Crippen molar-refractivity contribution in [2.24, 2.45) is 5.73 Å². The Bertz CT molecular complexity index is 601. The maximum Gasteiger partial charge on any atom is 0.118 e.